The summed E-state index contributed by atoms with van der Waals surface area (Å²) in [6.07, 6.45) is 5.04. The van der Waals surface area contributed by atoms with Crippen LogP contribution in [0.4, 0.5) is 0 Å². The average Bonchev–Trinajstić information content (AvgIpc) is 3.10. The number of pyridine rings is 1. The molecule has 4 aromatic rings. The summed E-state index contributed by atoms with van der Waals surface area (Å²) in [5.41, 5.74) is 5.80. The number of nitriles is 1. The summed E-state index contributed by atoms with van der Waals surface area (Å²) in [7, 11) is 0. The van der Waals surface area contributed by atoms with Gasteiger partial charge in [0.05, 0.1) is 18.2 Å². The third-order valence-electron chi connectivity index (χ3n) is 4.99. The standard InChI is InChI=1S/C24H22N4/c1-2-3-10-23-27-22-9-6-15-26-24(22)28(23)17-18-11-13-19(14-12-18)21-8-5-4-7-20(21)16-25/h4-9,11-15H,2-3,10,17H2,1H3. The van der Waals surface area contributed by atoms with Gasteiger partial charge in [-0.3, -0.25) is 0 Å². The van der Waals surface area contributed by atoms with E-state index in [0.29, 0.717) is 5.56 Å². The maximum atomic E-state index is 9.34. The highest BCUT2D eigenvalue weighted by Crippen LogP contribution is 2.24. The molecule has 0 spiro atoms. The maximum Gasteiger partial charge on any atom is 0.160 e. The van der Waals surface area contributed by atoms with Gasteiger partial charge >= 0.3 is 0 Å². The Labute approximate surface area is 165 Å². The zero-order chi connectivity index (χ0) is 19.3. The number of imidazole rings is 1. The molecule has 0 amide bonds. The molecule has 2 aromatic heterocycles. The number of hydrogen-bond acceptors (Lipinski definition) is 3. The molecule has 2 heterocycles. The van der Waals surface area contributed by atoms with Crippen LogP contribution in [-0.2, 0) is 13.0 Å². The molecule has 0 N–H and O–H groups in total. The average molecular weight is 366 g/mol. The summed E-state index contributed by atoms with van der Waals surface area (Å²) in [6.45, 7) is 2.94. The van der Waals surface area contributed by atoms with E-state index in [1.165, 1.54) is 5.56 Å². The minimum atomic E-state index is 0.696. The molecule has 2 aromatic carbocycles. The summed E-state index contributed by atoms with van der Waals surface area (Å²) < 4.78 is 2.23. The number of benzene rings is 2. The number of aryl methyl sites for hydroxylation is 1. The van der Waals surface area contributed by atoms with Crippen LogP contribution in [0.25, 0.3) is 22.3 Å². The Balaban J connectivity index is 1.66. The van der Waals surface area contributed by atoms with Crippen molar-refractivity contribution in [3.05, 3.63) is 83.8 Å². The van der Waals surface area contributed by atoms with Crippen LogP contribution in [0.1, 0.15) is 36.7 Å². The van der Waals surface area contributed by atoms with Crippen LogP contribution in [0, 0.1) is 11.3 Å². The van der Waals surface area contributed by atoms with Crippen molar-refractivity contribution < 1.29 is 0 Å². The van der Waals surface area contributed by atoms with Gasteiger partial charge in [-0.15, -0.1) is 0 Å². The van der Waals surface area contributed by atoms with E-state index in [1.54, 1.807) is 0 Å². The largest absolute Gasteiger partial charge is 0.308 e. The molecule has 4 rings (SSSR count). The molecule has 0 radical (unpaired) electrons. The molecule has 0 bridgehead atoms. The summed E-state index contributed by atoms with van der Waals surface area (Å²) in [5, 5.41) is 9.34. The van der Waals surface area contributed by atoms with Crippen molar-refractivity contribution in [3.8, 4) is 17.2 Å². The van der Waals surface area contributed by atoms with Crippen LogP contribution in [0.15, 0.2) is 66.9 Å². The van der Waals surface area contributed by atoms with Crippen LogP contribution in [0.2, 0.25) is 0 Å². The van der Waals surface area contributed by atoms with Crippen LogP contribution >= 0.6 is 0 Å². The lowest BCUT2D eigenvalue weighted by Crippen LogP contribution is -2.06. The van der Waals surface area contributed by atoms with Crippen molar-refractivity contribution in [2.45, 2.75) is 32.7 Å². The van der Waals surface area contributed by atoms with Crippen molar-refractivity contribution in [2.75, 3.05) is 0 Å². The van der Waals surface area contributed by atoms with Gasteiger partial charge < -0.3 is 4.57 Å². The van der Waals surface area contributed by atoms with Gasteiger partial charge in [-0.05, 0) is 41.3 Å². The van der Waals surface area contributed by atoms with Gasteiger partial charge in [0.2, 0.25) is 0 Å². The zero-order valence-corrected chi connectivity index (χ0v) is 16.0. The number of unbranched alkanes of at least 4 members (excludes halogenated alkanes) is 1. The third kappa shape index (κ3) is 3.52. The minimum absolute atomic E-state index is 0.696. The molecule has 4 nitrogen and oxygen atoms in total. The second-order valence-electron chi connectivity index (χ2n) is 6.92. The maximum absolute atomic E-state index is 9.34. The van der Waals surface area contributed by atoms with Gasteiger partial charge in [0.15, 0.2) is 5.65 Å². The number of aromatic nitrogens is 3. The van der Waals surface area contributed by atoms with E-state index < -0.39 is 0 Å². The second-order valence-corrected chi connectivity index (χ2v) is 6.92. The van der Waals surface area contributed by atoms with E-state index in [-0.39, 0.29) is 0 Å². The van der Waals surface area contributed by atoms with Crippen molar-refractivity contribution in [1.29, 1.82) is 5.26 Å². The lowest BCUT2D eigenvalue weighted by molar-refractivity contribution is 0.686. The summed E-state index contributed by atoms with van der Waals surface area (Å²) in [5.74, 6) is 1.09. The Morgan fingerprint density at radius 1 is 1.00 bits per heavy atom. The molecule has 0 aliphatic rings. The molecule has 0 fully saturated rings. The van der Waals surface area contributed by atoms with Crippen LogP contribution in [0.3, 0.4) is 0 Å². The van der Waals surface area contributed by atoms with Gasteiger partial charge in [0.1, 0.15) is 11.3 Å². The molecule has 138 valence electrons. The van der Waals surface area contributed by atoms with Gasteiger partial charge in [0, 0.05) is 12.6 Å². The molecule has 4 heteroatoms. The first-order valence-corrected chi connectivity index (χ1v) is 9.68. The van der Waals surface area contributed by atoms with Gasteiger partial charge in [-0.2, -0.15) is 5.26 Å². The fourth-order valence-electron chi connectivity index (χ4n) is 3.50. The van der Waals surface area contributed by atoms with Gasteiger partial charge in [-0.25, -0.2) is 9.97 Å². The summed E-state index contributed by atoms with van der Waals surface area (Å²) in [4.78, 5) is 9.36. The van der Waals surface area contributed by atoms with E-state index >= 15 is 0 Å². The number of rotatable bonds is 6. The first-order valence-electron chi connectivity index (χ1n) is 9.68. The molecule has 0 atom stereocenters. The fraction of sp³-hybridized carbons (Fsp3) is 0.208. The molecule has 0 unspecified atom stereocenters. The van der Waals surface area contributed by atoms with Crippen molar-refractivity contribution in [2.24, 2.45) is 0 Å². The van der Waals surface area contributed by atoms with E-state index in [1.807, 2.05) is 42.6 Å². The zero-order valence-electron chi connectivity index (χ0n) is 16.0. The van der Waals surface area contributed by atoms with Crippen molar-refractivity contribution in [3.63, 3.8) is 0 Å². The van der Waals surface area contributed by atoms with Gasteiger partial charge in [0.25, 0.3) is 0 Å². The Bertz CT molecular complexity index is 1130. The lowest BCUT2D eigenvalue weighted by Gasteiger charge is -2.10. The number of nitrogens with zero attached hydrogens (tertiary/aromatic N) is 4. The van der Waals surface area contributed by atoms with E-state index in [2.05, 4.69) is 46.8 Å². The number of hydrogen-bond donors (Lipinski definition) is 0. The van der Waals surface area contributed by atoms with E-state index in [9.17, 15) is 5.26 Å². The molecule has 0 aliphatic carbocycles. The van der Waals surface area contributed by atoms with Crippen LogP contribution in [-0.4, -0.2) is 14.5 Å². The Kier molecular flexibility index (Phi) is 5.16. The SMILES string of the molecule is CCCCc1nc2cccnc2n1Cc1ccc(-c2ccccc2C#N)cc1. The molecule has 0 saturated heterocycles. The summed E-state index contributed by atoms with van der Waals surface area (Å²) >= 11 is 0. The predicted octanol–water partition coefficient (Wildman–Crippen LogP) is 5.36. The Morgan fingerprint density at radius 2 is 1.82 bits per heavy atom. The monoisotopic (exact) mass is 366 g/mol. The van der Waals surface area contributed by atoms with E-state index in [0.717, 1.165) is 53.9 Å². The lowest BCUT2D eigenvalue weighted by atomic mass is 9.99. The summed E-state index contributed by atoms with van der Waals surface area (Å²) in [6, 6.07) is 22.4. The van der Waals surface area contributed by atoms with Crippen LogP contribution in [0.5, 0.6) is 0 Å². The minimum Gasteiger partial charge on any atom is -0.308 e. The highest BCUT2D eigenvalue weighted by atomic mass is 15.1. The predicted molar refractivity (Wildman–Crippen MR) is 112 cm³/mol. The molecule has 0 saturated carbocycles. The molecule has 28 heavy (non-hydrogen) atoms. The highest BCUT2D eigenvalue weighted by molar-refractivity contribution is 5.72. The topological polar surface area (TPSA) is 54.5 Å². The van der Waals surface area contributed by atoms with E-state index in [4.69, 9.17) is 4.98 Å². The highest BCUT2D eigenvalue weighted by Gasteiger charge is 2.12. The fourth-order valence-corrected chi connectivity index (χ4v) is 3.50. The first-order chi connectivity index (χ1) is 13.8. The smallest absolute Gasteiger partial charge is 0.160 e. The van der Waals surface area contributed by atoms with Crippen molar-refractivity contribution in [1.82, 2.24) is 14.5 Å². The first kappa shape index (κ1) is 17.9. The van der Waals surface area contributed by atoms with Crippen molar-refractivity contribution >= 4 is 11.2 Å². The third-order valence-corrected chi connectivity index (χ3v) is 4.99. The Morgan fingerprint density at radius 3 is 2.61 bits per heavy atom. The molecule has 0 aliphatic heterocycles. The molecular formula is C24H22N4. The quantitative estimate of drug-likeness (QED) is 0.461. The van der Waals surface area contributed by atoms with Crippen LogP contribution < -0.4 is 0 Å². The van der Waals surface area contributed by atoms with Gasteiger partial charge in [-0.1, -0.05) is 55.8 Å². The number of fused-ring (bicyclic) bond motifs is 1. The second kappa shape index (κ2) is 8.06. The molecular weight excluding hydrogens is 344 g/mol. The Hall–Kier alpha value is -3.45. The normalized spacial score (nSPS) is 10.9.